The Morgan fingerprint density at radius 2 is 1.67 bits per heavy atom. The average molecular weight is 433 g/mol. The molecule has 0 fully saturated rings. The van der Waals surface area contributed by atoms with Gasteiger partial charge in [-0.15, -0.1) is 11.3 Å². The number of rotatable bonds is 5. The molecule has 0 spiro atoms. The van der Waals surface area contributed by atoms with Crippen molar-refractivity contribution in [2.75, 3.05) is 5.75 Å². The Balaban J connectivity index is 1.59. The SMILES string of the molecule is O=c1c2c3c(sc2nc(SCCc2ccccc2)n1-c1ccccc1)CCCCC3. The monoisotopic (exact) mass is 432 g/mol. The van der Waals surface area contributed by atoms with Crippen molar-refractivity contribution in [3.63, 3.8) is 0 Å². The van der Waals surface area contributed by atoms with Crippen LogP contribution in [0.1, 0.15) is 35.3 Å². The Bertz CT molecular complexity index is 1210. The van der Waals surface area contributed by atoms with Crippen LogP contribution in [0.4, 0.5) is 0 Å². The number of aryl methyl sites for hydroxylation is 3. The van der Waals surface area contributed by atoms with Gasteiger partial charge in [-0.05, 0) is 55.4 Å². The highest BCUT2D eigenvalue weighted by Gasteiger charge is 2.22. The van der Waals surface area contributed by atoms with Gasteiger partial charge in [-0.3, -0.25) is 9.36 Å². The quantitative estimate of drug-likeness (QED) is 0.219. The van der Waals surface area contributed by atoms with E-state index in [9.17, 15) is 4.79 Å². The maximum Gasteiger partial charge on any atom is 0.267 e. The van der Waals surface area contributed by atoms with E-state index < -0.39 is 0 Å². The summed E-state index contributed by atoms with van der Waals surface area (Å²) in [6, 6.07) is 20.4. The third-order valence-electron chi connectivity index (χ3n) is 5.69. The smallest absolute Gasteiger partial charge is 0.267 e. The number of benzene rings is 2. The Hall–Kier alpha value is -2.37. The maximum atomic E-state index is 13.7. The van der Waals surface area contributed by atoms with Crippen LogP contribution < -0.4 is 5.56 Å². The van der Waals surface area contributed by atoms with Crippen molar-refractivity contribution >= 4 is 33.3 Å². The van der Waals surface area contributed by atoms with Gasteiger partial charge in [0.1, 0.15) is 4.83 Å². The summed E-state index contributed by atoms with van der Waals surface area (Å²) in [5.74, 6) is 0.889. The Kier molecular flexibility index (Phi) is 5.73. The zero-order valence-corrected chi connectivity index (χ0v) is 18.5. The van der Waals surface area contributed by atoms with Gasteiger partial charge in [0.05, 0.1) is 11.1 Å². The summed E-state index contributed by atoms with van der Waals surface area (Å²) >= 11 is 3.41. The van der Waals surface area contributed by atoms with Gasteiger partial charge in [0.25, 0.3) is 5.56 Å². The lowest BCUT2D eigenvalue weighted by molar-refractivity contribution is 0.713. The first kappa shape index (κ1) is 19.6. The first-order valence-corrected chi connectivity index (χ1v) is 12.4. The number of hydrogen-bond donors (Lipinski definition) is 0. The van der Waals surface area contributed by atoms with Crippen LogP contribution in [-0.4, -0.2) is 15.3 Å². The molecule has 152 valence electrons. The van der Waals surface area contributed by atoms with Crippen molar-refractivity contribution < 1.29 is 0 Å². The second-order valence-electron chi connectivity index (χ2n) is 7.70. The Labute approximate surface area is 184 Å². The van der Waals surface area contributed by atoms with Crippen molar-refractivity contribution in [1.29, 1.82) is 0 Å². The molecule has 0 radical (unpaired) electrons. The third kappa shape index (κ3) is 3.84. The van der Waals surface area contributed by atoms with Gasteiger partial charge in [-0.2, -0.15) is 0 Å². The van der Waals surface area contributed by atoms with Gasteiger partial charge in [0, 0.05) is 10.6 Å². The largest absolute Gasteiger partial charge is 0.268 e. The number of hydrogen-bond acceptors (Lipinski definition) is 4. The van der Waals surface area contributed by atoms with Crippen molar-refractivity contribution in [3.8, 4) is 5.69 Å². The molecule has 1 aliphatic rings. The van der Waals surface area contributed by atoms with Crippen LogP contribution in [0.3, 0.4) is 0 Å². The van der Waals surface area contributed by atoms with Crippen LogP contribution in [0, 0.1) is 0 Å². The standard InChI is InChI=1S/C25H24N2OS2/c28-24-22-20-14-8-3-9-15-21(20)30-23(22)26-25(27(24)19-12-6-2-7-13-19)29-17-16-18-10-4-1-5-11-18/h1-2,4-7,10-13H,3,8-9,14-17H2. The molecule has 1 aliphatic carbocycles. The van der Waals surface area contributed by atoms with Gasteiger partial charge in [-0.25, -0.2) is 4.98 Å². The van der Waals surface area contributed by atoms with E-state index in [1.807, 2.05) is 41.0 Å². The first-order chi connectivity index (χ1) is 14.8. The predicted octanol–water partition coefficient (Wildman–Crippen LogP) is 6.05. The molecule has 4 aromatic rings. The summed E-state index contributed by atoms with van der Waals surface area (Å²) in [6.07, 6.45) is 6.66. The second-order valence-corrected chi connectivity index (χ2v) is 9.84. The van der Waals surface area contributed by atoms with Crippen molar-refractivity contribution in [2.45, 2.75) is 43.7 Å². The van der Waals surface area contributed by atoms with Gasteiger partial charge < -0.3 is 0 Å². The molecule has 0 atom stereocenters. The van der Waals surface area contributed by atoms with E-state index in [0.717, 1.165) is 52.5 Å². The molecule has 0 saturated carbocycles. The summed E-state index contributed by atoms with van der Waals surface area (Å²) in [7, 11) is 0. The zero-order chi connectivity index (χ0) is 20.3. The number of para-hydroxylation sites is 1. The van der Waals surface area contributed by atoms with Crippen molar-refractivity contribution in [2.24, 2.45) is 0 Å². The average Bonchev–Trinajstić information content (AvgIpc) is 2.96. The molecule has 0 aliphatic heterocycles. The summed E-state index contributed by atoms with van der Waals surface area (Å²) < 4.78 is 1.83. The van der Waals surface area contributed by atoms with Gasteiger partial charge in [0.15, 0.2) is 5.16 Å². The molecule has 3 nitrogen and oxygen atoms in total. The minimum atomic E-state index is 0.0906. The van der Waals surface area contributed by atoms with Crippen LogP contribution in [-0.2, 0) is 19.3 Å². The molecule has 30 heavy (non-hydrogen) atoms. The number of thiophene rings is 1. The third-order valence-corrected chi connectivity index (χ3v) is 7.81. The minimum absolute atomic E-state index is 0.0906. The molecule has 5 rings (SSSR count). The summed E-state index contributed by atoms with van der Waals surface area (Å²) in [4.78, 5) is 21.1. The van der Waals surface area contributed by atoms with Crippen molar-refractivity contribution in [3.05, 3.63) is 87.0 Å². The molecule has 0 unspecified atom stereocenters. The van der Waals surface area contributed by atoms with Crippen LogP contribution in [0.25, 0.3) is 15.9 Å². The molecule has 0 bridgehead atoms. The molecular weight excluding hydrogens is 408 g/mol. The Morgan fingerprint density at radius 1 is 0.933 bits per heavy atom. The fourth-order valence-corrected chi connectivity index (χ4v) is 6.47. The van der Waals surface area contributed by atoms with Gasteiger partial charge in [-0.1, -0.05) is 66.7 Å². The number of fused-ring (bicyclic) bond motifs is 3. The van der Waals surface area contributed by atoms with Crippen molar-refractivity contribution in [1.82, 2.24) is 9.55 Å². The molecule has 5 heteroatoms. The van der Waals surface area contributed by atoms with E-state index in [1.54, 1.807) is 23.1 Å². The lowest BCUT2D eigenvalue weighted by Gasteiger charge is -2.12. The van der Waals surface area contributed by atoms with E-state index in [4.69, 9.17) is 4.98 Å². The van der Waals surface area contributed by atoms with Crippen LogP contribution >= 0.6 is 23.1 Å². The van der Waals surface area contributed by atoms with E-state index in [1.165, 1.54) is 28.8 Å². The van der Waals surface area contributed by atoms with Gasteiger partial charge in [0.2, 0.25) is 0 Å². The molecule has 2 heterocycles. The van der Waals surface area contributed by atoms with E-state index in [0.29, 0.717) is 0 Å². The normalized spacial score (nSPS) is 13.9. The molecule has 2 aromatic carbocycles. The minimum Gasteiger partial charge on any atom is -0.268 e. The second kappa shape index (κ2) is 8.78. The fraction of sp³-hybridized carbons (Fsp3) is 0.280. The number of aromatic nitrogens is 2. The first-order valence-electron chi connectivity index (χ1n) is 10.6. The lowest BCUT2D eigenvalue weighted by atomic mass is 10.1. The topological polar surface area (TPSA) is 34.9 Å². The lowest BCUT2D eigenvalue weighted by Crippen LogP contribution is -2.22. The highest BCUT2D eigenvalue weighted by molar-refractivity contribution is 7.99. The fourth-order valence-electron chi connectivity index (χ4n) is 4.17. The van der Waals surface area contributed by atoms with Crippen LogP contribution in [0.15, 0.2) is 70.6 Å². The number of nitrogens with zero attached hydrogens (tertiary/aromatic N) is 2. The summed E-state index contributed by atoms with van der Waals surface area (Å²) in [5.41, 5.74) is 3.55. The molecule has 0 saturated heterocycles. The molecular formula is C25H24N2OS2. The van der Waals surface area contributed by atoms with E-state index >= 15 is 0 Å². The summed E-state index contributed by atoms with van der Waals surface area (Å²) in [5, 5.41) is 1.65. The molecule has 2 aromatic heterocycles. The molecule has 0 amide bonds. The molecule has 0 N–H and O–H groups in total. The van der Waals surface area contributed by atoms with E-state index in [-0.39, 0.29) is 5.56 Å². The van der Waals surface area contributed by atoms with Crippen LogP contribution in [0.5, 0.6) is 0 Å². The van der Waals surface area contributed by atoms with Gasteiger partial charge >= 0.3 is 0 Å². The van der Waals surface area contributed by atoms with E-state index in [2.05, 4.69) is 24.3 Å². The number of thioether (sulfide) groups is 1. The maximum absolute atomic E-state index is 13.7. The predicted molar refractivity (Wildman–Crippen MR) is 127 cm³/mol. The highest BCUT2D eigenvalue weighted by atomic mass is 32.2. The zero-order valence-electron chi connectivity index (χ0n) is 16.8. The summed E-state index contributed by atoms with van der Waals surface area (Å²) in [6.45, 7) is 0. The Morgan fingerprint density at radius 3 is 2.47 bits per heavy atom. The highest BCUT2D eigenvalue weighted by Crippen LogP contribution is 2.34. The van der Waals surface area contributed by atoms with Crippen LogP contribution in [0.2, 0.25) is 0 Å².